The minimum absolute atomic E-state index is 0.0486. The summed E-state index contributed by atoms with van der Waals surface area (Å²) in [6.45, 7) is 6.54. The molecule has 1 saturated carbocycles. The molecule has 3 aliphatic rings. The van der Waals surface area contributed by atoms with Crippen LogP contribution in [0.4, 0.5) is 0 Å². The summed E-state index contributed by atoms with van der Waals surface area (Å²) in [7, 11) is 0. The van der Waals surface area contributed by atoms with Crippen molar-refractivity contribution in [2.24, 2.45) is 11.8 Å². The molecule has 19 heavy (non-hydrogen) atoms. The number of amides is 1. The van der Waals surface area contributed by atoms with E-state index in [0.29, 0.717) is 6.04 Å². The monoisotopic (exact) mass is 265 g/mol. The predicted octanol–water partition coefficient (Wildman–Crippen LogP) is 0.975. The molecule has 0 aromatic heterocycles. The second-order valence-corrected chi connectivity index (χ2v) is 6.65. The maximum atomic E-state index is 12.3. The van der Waals surface area contributed by atoms with Gasteiger partial charge in [-0.25, -0.2) is 0 Å². The first-order valence-corrected chi connectivity index (χ1v) is 7.99. The third-order valence-corrected chi connectivity index (χ3v) is 5.30. The van der Waals surface area contributed by atoms with Crippen LogP contribution < -0.4 is 10.6 Å². The smallest absolute Gasteiger partial charge is 0.237 e. The molecule has 0 bridgehead atoms. The van der Waals surface area contributed by atoms with Gasteiger partial charge in [-0.1, -0.05) is 19.3 Å². The molecule has 4 heteroatoms. The number of hydrogen-bond acceptors (Lipinski definition) is 3. The summed E-state index contributed by atoms with van der Waals surface area (Å²) < 4.78 is 0. The summed E-state index contributed by atoms with van der Waals surface area (Å²) in [5.41, 5.74) is 0. The van der Waals surface area contributed by atoms with Crippen LogP contribution in [0.15, 0.2) is 0 Å². The number of carbonyl (C=O) groups excluding carboxylic acids is 1. The molecule has 0 radical (unpaired) electrons. The van der Waals surface area contributed by atoms with Crippen molar-refractivity contribution in [3.63, 3.8) is 0 Å². The van der Waals surface area contributed by atoms with Crippen LogP contribution in [-0.2, 0) is 4.79 Å². The Labute approximate surface area is 116 Å². The van der Waals surface area contributed by atoms with Crippen LogP contribution in [0.1, 0.15) is 39.0 Å². The number of nitrogens with one attached hydrogen (secondary N) is 2. The molecule has 2 aliphatic heterocycles. The Bertz CT molecular complexity index is 315. The van der Waals surface area contributed by atoms with Gasteiger partial charge in [0.1, 0.15) is 0 Å². The highest BCUT2D eigenvalue weighted by Crippen LogP contribution is 2.27. The molecule has 0 aromatic rings. The highest BCUT2D eigenvalue weighted by atomic mass is 16.2. The zero-order chi connectivity index (χ0) is 13.2. The molecule has 0 aromatic carbocycles. The number of carbonyl (C=O) groups is 1. The lowest BCUT2D eigenvalue weighted by Gasteiger charge is -2.28. The van der Waals surface area contributed by atoms with E-state index in [1.54, 1.807) is 0 Å². The zero-order valence-corrected chi connectivity index (χ0v) is 12.0. The summed E-state index contributed by atoms with van der Waals surface area (Å²) >= 11 is 0. The van der Waals surface area contributed by atoms with E-state index in [1.165, 1.54) is 32.1 Å². The van der Waals surface area contributed by atoms with Crippen molar-refractivity contribution in [3.05, 3.63) is 0 Å². The summed E-state index contributed by atoms with van der Waals surface area (Å²) in [5.74, 6) is 1.79. The molecule has 3 rings (SSSR count). The van der Waals surface area contributed by atoms with Gasteiger partial charge in [0.25, 0.3) is 0 Å². The standard InChI is InChI=1S/C15H27N3O/c1-11(15(19)17-14-5-3-2-4-6-14)18-9-12-7-16-8-13(12)10-18/h11-14,16H,2-10H2,1H3,(H,17,19)/t11?,12-,13+. The predicted molar refractivity (Wildman–Crippen MR) is 75.9 cm³/mol. The third kappa shape index (κ3) is 2.95. The minimum atomic E-state index is 0.0486. The Morgan fingerprint density at radius 1 is 1.16 bits per heavy atom. The van der Waals surface area contributed by atoms with Gasteiger partial charge >= 0.3 is 0 Å². The van der Waals surface area contributed by atoms with Gasteiger partial charge in [0.15, 0.2) is 0 Å². The number of nitrogens with zero attached hydrogens (tertiary/aromatic N) is 1. The lowest BCUT2D eigenvalue weighted by molar-refractivity contribution is -0.126. The fourth-order valence-electron chi connectivity index (χ4n) is 3.94. The van der Waals surface area contributed by atoms with Crippen LogP contribution in [0, 0.1) is 11.8 Å². The highest BCUT2D eigenvalue weighted by molar-refractivity contribution is 5.81. The van der Waals surface area contributed by atoms with Crippen molar-refractivity contribution >= 4 is 5.91 Å². The van der Waals surface area contributed by atoms with Crippen LogP contribution in [0.3, 0.4) is 0 Å². The molecule has 2 N–H and O–H groups in total. The molecule has 108 valence electrons. The van der Waals surface area contributed by atoms with Gasteiger partial charge in [0.05, 0.1) is 6.04 Å². The fraction of sp³-hybridized carbons (Fsp3) is 0.933. The lowest BCUT2D eigenvalue weighted by atomic mass is 9.95. The number of hydrogen-bond donors (Lipinski definition) is 2. The van der Waals surface area contributed by atoms with E-state index in [-0.39, 0.29) is 11.9 Å². The molecule has 3 fully saturated rings. The lowest BCUT2D eigenvalue weighted by Crippen LogP contribution is -2.48. The van der Waals surface area contributed by atoms with Gasteiger partial charge in [-0.15, -0.1) is 0 Å². The number of likely N-dealkylation sites (tertiary alicyclic amines) is 1. The number of fused-ring (bicyclic) bond motifs is 1. The minimum Gasteiger partial charge on any atom is -0.352 e. The van der Waals surface area contributed by atoms with E-state index in [9.17, 15) is 4.79 Å². The van der Waals surface area contributed by atoms with Crippen molar-refractivity contribution in [2.45, 2.75) is 51.1 Å². The SMILES string of the molecule is CC(C(=O)NC1CCCCC1)N1C[C@H]2CNC[C@H]2C1. The Morgan fingerprint density at radius 3 is 2.42 bits per heavy atom. The first-order valence-electron chi connectivity index (χ1n) is 7.99. The van der Waals surface area contributed by atoms with Gasteiger partial charge in [-0.2, -0.15) is 0 Å². The van der Waals surface area contributed by atoms with E-state index < -0.39 is 0 Å². The highest BCUT2D eigenvalue weighted by Gasteiger charge is 2.39. The van der Waals surface area contributed by atoms with E-state index in [0.717, 1.165) is 38.0 Å². The van der Waals surface area contributed by atoms with Gasteiger partial charge in [0.2, 0.25) is 5.91 Å². The quantitative estimate of drug-likeness (QED) is 0.799. The molecule has 2 heterocycles. The summed E-state index contributed by atoms with van der Waals surface area (Å²) in [6.07, 6.45) is 6.24. The van der Waals surface area contributed by atoms with Crippen LogP contribution in [-0.4, -0.2) is 49.1 Å². The van der Waals surface area contributed by atoms with Crippen LogP contribution in [0.25, 0.3) is 0 Å². The molecule has 2 saturated heterocycles. The maximum Gasteiger partial charge on any atom is 0.237 e. The largest absolute Gasteiger partial charge is 0.352 e. The van der Waals surface area contributed by atoms with Crippen molar-refractivity contribution in [3.8, 4) is 0 Å². The van der Waals surface area contributed by atoms with Gasteiger partial charge in [0, 0.05) is 19.1 Å². The normalized spacial score (nSPS) is 34.2. The molecule has 3 atom stereocenters. The number of rotatable bonds is 3. The molecular weight excluding hydrogens is 238 g/mol. The first-order chi connectivity index (χ1) is 9.24. The summed E-state index contributed by atoms with van der Waals surface area (Å²) in [6, 6.07) is 0.486. The summed E-state index contributed by atoms with van der Waals surface area (Å²) in [5, 5.41) is 6.72. The molecule has 0 spiro atoms. The zero-order valence-electron chi connectivity index (χ0n) is 12.0. The van der Waals surface area contributed by atoms with Crippen LogP contribution >= 0.6 is 0 Å². The third-order valence-electron chi connectivity index (χ3n) is 5.30. The Kier molecular flexibility index (Phi) is 4.08. The second-order valence-electron chi connectivity index (χ2n) is 6.65. The summed E-state index contributed by atoms with van der Waals surface area (Å²) in [4.78, 5) is 14.7. The van der Waals surface area contributed by atoms with E-state index in [1.807, 2.05) is 0 Å². The topological polar surface area (TPSA) is 44.4 Å². The van der Waals surface area contributed by atoms with Crippen molar-refractivity contribution < 1.29 is 4.79 Å². The Balaban J connectivity index is 1.49. The maximum absolute atomic E-state index is 12.3. The van der Waals surface area contributed by atoms with Crippen LogP contribution in [0.5, 0.6) is 0 Å². The van der Waals surface area contributed by atoms with E-state index in [2.05, 4.69) is 22.5 Å². The Hall–Kier alpha value is -0.610. The fourth-order valence-corrected chi connectivity index (χ4v) is 3.94. The van der Waals surface area contributed by atoms with E-state index >= 15 is 0 Å². The molecular formula is C15H27N3O. The van der Waals surface area contributed by atoms with E-state index in [4.69, 9.17) is 0 Å². The van der Waals surface area contributed by atoms with Crippen molar-refractivity contribution in [1.29, 1.82) is 0 Å². The van der Waals surface area contributed by atoms with Crippen molar-refractivity contribution in [2.75, 3.05) is 26.2 Å². The Morgan fingerprint density at radius 2 is 1.79 bits per heavy atom. The van der Waals surface area contributed by atoms with Gasteiger partial charge in [-0.3, -0.25) is 9.69 Å². The average Bonchev–Trinajstić information content (AvgIpc) is 2.99. The van der Waals surface area contributed by atoms with Gasteiger partial charge < -0.3 is 10.6 Å². The van der Waals surface area contributed by atoms with Crippen LogP contribution in [0.2, 0.25) is 0 Å². The molecule has 1 unspecified atom stereocenters. The molecule has 1 amide bonds. The van der Waals surface area contributed by atoms with Crippen molar-refractivity contribution in [1.82, 2.24) is 15.5 Å². The molecule has 4 nitrogen and oxygen atoms in total. The molecule has 1 aliphatic carbocycles. The van der Waals surface area contributed by atoms with Gasteiger partial charge in [-0.05, 0) is 44.7 Å². The average molecular weight is 265 g/mol. The second kappa shape index (κ2) is 5.80. The first kappa shape index (κ1) is 13.4.